The van der Waals surface area contributed by atoms with Gasteiger partial charge in [0.2, 0.25) is 11.7 Å². The zero-order valence-electron chi connectivity index (χ0n) is 14.3. The van der Waals surface area contributed by atoms with Crippen molar-refractivity contribution in [2.24, 2.45) is 0 Å². The number of hydrogen-bond acceptors (Lipinski definition) is 7. The molecule has 2 aromatic heterocycles. The fourth-order valence-corrected chi connectivity index (χ4v) is 2.62. The molecule has 0 fully saturated rings. The topological polar surface area (TPSA) is 100.0 Å². The smallest absolute Gasteiger partial charge is 0.230 e. The van der Waals surface area contributed by atoms with Crippen molar-refractivity contribution in [3.8, 4) is 11.4 Å². The molecule has 2 N–H and O–H groups in total. The number of benzene rings is 1. The summed E-state index contributed by atoms with van der Waals surface area (Å²) < 4.78 is 10.5. The Balaban J connectivity index is 1.81. The van der Waals surface area contributed by atoms with Gasteiger partial charge in [0, 0.05) is 19.2 Å². The first-order valence-electron chi connectivity index (χ1n) is 8.19. The van der Waals surface area contributed by atoms with Crippen LogP contribution in [0.25, 0.3) is 11.4 Å². The van der Waals surface area contributed by atoms with Crippen LogP contribution in [0.2, 0.25) is 0 Å². The first-order chi connectivity index (χ1) is 12.2. The van der Waals surface area contributed by atoms with E-state index in [1.165, 1.54) is 5.56 Å². The van der Waals surface area contributed by atoms with Crippen LogP contribution in [0.5, 0.6) is 0 Å². The summed E-state index contributed by atoms with van der Waals surface area (Å²) >= 11 is 0. The highest BCUT2D eigenvalue weighted by Gasteiger charge is 2.20. The van der Waals surface area contributed by atoms with E-state index < -0.39 is 0 Å². The lowest BCUT2D eigenvalue weighted by Gasteiger charge is -2.09. The van der Waals surface area contributed by atoms with Gasteiger partial charge in [0.05, 0.1) is 5.56 Å². The third kappa shape index (κ3) is 4.00. The van der Waals surface area contributed by atoms with E-state index in [9.17, 15) is 0 Å². The maximum atomic E-state index is 6.00. The lowest BCUT2D eigenvalue weighted by Crippen LogP contribution is -2.04. The van der Waals surface area contributed by atoms with Crippen LogP contribution in [0.1, 0.15) is 36.5 Å². The summed E-state index contributed by atoms with van der Waals surface area (Å²) in [5.74, 6) is 1.98. The molecule has 0 aliphatic carbocycles. The summed E-state index contributed by atoms with van der Waals surface area (Å²) in [5.41, 5.74) is 7.79. The maximum Gasteiger partial charge on any atom is 0.230 e. The molecular weight excluding hydrogens is 318 g/mol. The number of ether oxygens (including phenoxy) is 1. The minimum Gasteiger partial charge on any atom is -0.383 e. The average molecular weight is 339 g/mol. The highest BCUT2D eigenvalue weighted by molar-refractivity contribution is 5.66. The molecule has 3 aromatic rings. The highest BCUT2D eigenvalue weighted by Crippen LogP contribution is 2.27. The average Bonchev–Trinajstić information content (AvgIpc) is 3.10. The normalized spacial score (nSPS) is 12.2. The van der Waals surface area contributed by atoms with Crippen molar-refractivity contribution >= 4 is 5.82 Å². The summed E-state index contributed by atoms with van der Waals surface area (Å²) in [7, 11) is 1.58. The molecule has 1 aromatic carbocycles. The Morgan fingerprint density at radius 1 is 1.20 bits per heavy atom. The largest absolute Gasteiger partial charge is 0.383 e. The van der Waals surface area contributed by atoms with Crippen molar-refractivity contribution in [3.05, 3.63) is 53.8 Å². The fraction of sp³-hybridized carbons (Fsp3) is 0.333. The maximum absolute atomic E-state index is 6.00. The van der Waals surface area contributed by atoms with Gasteiger partial charge in [-0.25, -0.2) is 9.97 Å². The predicted molar refractivity (Wildman–Crippen MR) is 93.6 cm³/mol. The minimum absolute atomic E-state index is 0.151. The third-order valence-corrected chi connectivity index (χ3v) is 3.99. The molecule has 130 valence electrons. The van der Waals surface area contributed by atoms with Gasteiger partial charge in [0.1, 0.15) is 12.4 Å². The molecule has 1 unspecified atom stereocenters. The first kappa shape index (κ1) is 17.0. The van der Waals surface area contributed by atoms with Gasteiger partial charge < -0.3 is 15.0 Å². The monoisotopic (exact) mass is 339 g/mol. The predicted octanol–water partition coefficient (Wildman–Crippen LogP) is 2.99. The van der Waals surface area contributed by atoms with Crippen LogP contribution in [0, 0.1) is 0 Å². The molecular formula is C18H21N5O2. The van der Waals surface area contributed by atoms with Gasteiger partial charge in [0.15, 0.2) is 5.82 Å². The molecule has 0 saturated carbocycles. The van der Waals surface area contributed by atoms with Crippen LogP contribution in [-0.4, -0.2) is 27.2 Å². The number of methoxy groups -OCH3 is 1. The quantitative estimate of drug-likeness (QED) is 0.706. The number of hydrogen-bond donors (Lipinski definition) is 1. The summed E-state index contributed by atoms with van der Waals surface area (Å²) in [5, 5.41) is 4.06. The Kier molecular flexibility index (Phi) is 5.35. The molecule has 0 saturated heterocycles. The molecule has 7 nitrogen and oxygen atoms in total. The second-order valence-electron chi connectivity index (χ2n) is 5.77. The summed E-state index contributed by atoms with van der Waals surface area (Å²) in [6, 6.07) is 10.3. The zero-order valence-corrected chi connectivity index (χ0v) is 14.3. The van der Waals surface area contributed by atoms with Gasteiger partial charge in [-0.15, -0.1) is 0 Å². The molecule has 0 aliphatic rings. The Hall–Kier alpha value is -2.80. The zero-order chi connectivity index (χ0) is 17.6. The van der Waals surface area contributed by atoms with Gasteiger partial charge in [0.25, 0.3) is 0 Å². The standard InChI is InChI=1S/C18H21N5O2/c1-3-13(9-12-7-5-4-6-8-12)18-22-17(23-25-18)14-10-20-15(11-24-2)21-16(14)19/h4-8,10,13H,3,9,11H2,1-2H3,(H2,19,20,21). The van der Waals surface area contributed by atoms with Crippen LogP contribution < -0.4 is 5.73 Å². The van der Waals surface area contributed by atoms with Crippen LogP contribution in [0.4, 0.5) is 5.82 Å². The van der Waals surface area contributed by atoms with E-state index in [2.05, 4.69) is 39.2 Å². The first-order valence-corrected chi connectivity index (χ1v) is 8.19. The van der Waals surface area contributed by atoms with E-state index in [4.69, 9.17) is 15.0 Å². The van der Waals surface area contributed by atoms with Gasteiger partial charge in [-0.05, 0) is 18.4 Å². The Morgan fingerprint density at radius 2 is 2.00 bits per heavy atom. The molecule has 0 spiro atoms. The summed E-state index contributed by atoms with van der Waals surface area (Å²) in [6.07, 6.45) is 3.34. The number of aromatic nitrogens is 4. The van der Waals surface area contributed by atoms with Crippen LogP contribution in [-0.2, 0) is 17.8 Å². The van der Waals surface area contributed by atoms with Crippen LogP contribution >= 0.6 is 0 Å². The fourth-order valence-electron chi connectivity index (χ4n) is 2.62. The SMILES string of the molecule is CCC(Cc1ccccc1)c1nc(-c2cnc(COC)nc2N)no1. The highest BCUT2D eigenvalue weighted by atomic mass is 16.5. The van der Waals surface area contributed by atoms with E-state index >= 15 is 0 Å². The van der Waals surface area contributed by atoms with Gasteiger partial charge >= 0.3 is 0 Å². The molecule has 0 bridgehead atoms. The van der Waals surface area contributed by atoms with Gasteiger partial charge in [-0.1, -0.05) is 42.4 Å². The van der Waals surface area contributed by atoms with E-state index in [1.54, 1.807) is 13.3 Å². The van der Waals surface area contributed by atoms with Crippen LogP contribution in [0.3, 0.4) is 0 Å². The molecule has 1 atom stereocenters. The molecule has 3 rings (SSSR count). The Morgan fingerprint density at radius 3 is 2.68 bits per heavy atom. The third-order valence-electron chi connectivity index (χ3n) is 3.99. The number of rotatable bonds is 7. The van der Waals surface area contributed by atoms with Gasteiger partial charge in [-0.2, -0.15) is 4.98 Å². The molecule has 0 radical (unpaired) electrons. The number of nitrogens with zero attached hydrogens (tertiary/aromatic N) is 4. The van der Waals surface area contributed by atoms with Crippen molar-refractivity contribution in [3.63, 3.8) is 0 Å². The lowest BCUT2D eigenvalue weighted by atomic mass is 9.97. The molecule has 25 heavy (non-hydrogen) atoms. The van der Waals surface area contributed by atoms with Gasteiger partial charge in [-0.3, -0.25) is 0 Å². The lowest BCUT2D eigenvalue weighted by molar-refractivity contribution is 0.178. The number of nitrogens with two attached hydrogens (primary N) is 1. The molecule has 7 heteroatoms. The Labute approximate surface area is 146 Å². The van der Waals surface area contributed by atoms with Crippen molar-refractivity contribution in [1.82, 2.24) is 20.1 Å². The second kappa shape index (κ2) is 7.85. The summed E-state index contributed by atoms with van der Waals surface area (Å²) in [4.78, 5) is 12.9. The molecule has 2 heterocycles. The van der Waals surface area contributed by atoms with Crippen molar-refractivity contribution in [2.75, 3.05) is 12.8 Å². The van der Waals surface area contributed by atoms with E-state index in [0.717, 1.165) is 12.8 Å². The van der Waals surface area contributed by atoms with Crippen molar-refractivity contribution in [2.45, 2.75) is 32.3 Å². The number of nitrogen functional groups attached to an aromatic ring is 1. The van der Waals surface area contributed by atoms with Crippen molar-refractivity contribution < 1.29 is 9.26 Å². The summed E-state index contributed by atoms with van der Waals surface area (Å²) in [6.45, 7) is 2.41. The second-order valence-corrected chi connectivity index (χ2v) is 5.77. The van der Waals surface area contributed by atoms with Crippen molar-refractivity contribution in [1.29, 1.82) is 0 Å². The van der Waals surface area contributed by atoms with E-state index in [0.29, 0.717) is 35.5 Å². The van der Waals surface area contributed by atoms with Crippen LogP contribution in [0.15, 0.2) is 41.1 Å². The van der Waals surface area contributed by atoms with E-state index in [1.807, 2.05) is 18.2 Å². The Bertz CT molecular complexity index is 819. The molecule has 0 aliphatic heterocycles. The van der Waals surface area contributed by atoms with E-state index in [-0.39, 0.29) is 5.92 Å². The minimum atomic E-state index is 0.151. The number of anilines is 1. The molecule has 0 amide bonds.